The molecule has 16 heavy (non-hydrogen) atoms. The lowest BCUT2D eigenvalue weighted by Gasteiger charge is -2.27. The lowest BCUT2D eigenvalue weighted by Crippen LogP contribution is -2.53. The Morgan fingerprint density at radius 2 is 2.19 bits per heavy atom. The first kappa shape index (κ1) is 13.8. The predicted molar refractivity (Wildman–Crippen MR) is 68.5 cm³/mol. The molecule has 0 amide bonds. The van der Waals surface area contributed by atoms with Crippen molar-refractivity contribution in [3.63, 3.8) is 0 Å². The van der Waals surface area contributed by atoms with Crippen molar-refractivity contribution in [3.8, 4) is 0 Å². The second kappa shape index (κ2) is 5.92. The van der Waals surface area contributed by atoms with E-state index in [0.717, 1.165) is 19.3 Å². The van der Waals surface area contributed by atoms with E-state index in [1.54, 1.807) is 11.8 Å². The Kier molecular flexibility index (Phi) is 5.12. The molecule has 1 saturated carbocycles. The summed E-state index contributed by atoms with van der Waals surface area (Å²) in [4.78, 5) is 11.9. The minimum Gasteiger partial charge on any atom is -0.465 e. The van der Waals surface area contributed by atoms with Gasteiger partial charge in [-0.1, -0.05) is 13.8 Å². The quantitative estimate of drug-likeness (QED) is 0.699. The Morgan fingerprint density at radius 3 is 2.62 bits per heavy atom. The summed E-state index contributed by atoms with van der Waals surface area (Å²) in [6.07, 6.45) is 3.24. The molecule has 1 aliphatic carbocycles. The smallest absolute Gasteiger partial charge is 0.327 e. The zero-order valence-corrected chi connectivity index (χ0v) is 11.3. The number of thioether (sulfide) groups is 1. The number of carbonyl (C=O) groups is 1. The van der Waals surface area contributed by atoms with E-state index >= 15 is 0 Å². The zero-order valence-electron chi connectivity index (χ0n) is 10.5. The fourth-order valence-corrected chi connectivity index (χ4v) is 2.75. The van der Waals surface area contributed by atoms with Gasteiger partial charge in [0, 0.05) is 11.0 Å². The summed E-state index contributed by atoms with van der Waals surface area (Å²) in [5, 5.41) is 0.552. The first-order valence-electron chi connectivity index (χ1n) is 6.12. The van der Waals surface area contributed by atoms with E-state index in [0.29, 0.717) is 23.5 Å². The summed E-state index contributed by atoms with van der Waals surface area (Å²) < 4.78 is 5.10. The lowest BCUT2D eigenvalue weighted by atomic mass is 9.97. The first-order valence-corrected chi connectivity index (χ1v) is 7.17. The Bertz CT molecular complexity index is 243. The van der Waals surface area contributed by atoms with Crippen molar-refractivity contribution in [1.82, 2.24) is 0 Å². The van der Waals surface area contributed by atoms with Crippen LogP contribution < -0.4 is 5.73 Å². The minimum absolute atomic E-state index is 0.215. The van der Waals surface area contributed by atoms with Crippen LogP contribution in [0.25, 0.3) is 0 Å². The van der Waals surface area contributed by atoms with Crippen LogP contribution in [0, 0.1) is 5.92 Å². The number of hydrogen-bond donors (Lipinski definition) is 1. The maximum absolute atomic E-state index is 11.9. The second-order valence-electron chi connectivity index (χ2n) is 4.56. The molecule has 2 atom stereocenters. The van der Waals surface area contributed by atoms with Crippen LogP contribution in [-0.2, 0) is 9.53 Å². The highest BCUT2D eigenvalue weighted by molar-refractivity contribution is 8.00. The molecule has 0 radical (unpaired) electrons. The summed E-state index contributed by atoms with van der Waals surface area (Å²) >= 11 is 1.78. The summed E-state index contributed by atoms with van der Waals surface area (Å²) in [5.74, 6) is 0.808. The molecule has 0 saturated heterocycles. The van der Waals surface area contributed by atoms with Gasteiger partial charge >= 0.3 is 5.97 Å². The van der Waals surface area contributed by atoms with Gasteiger partial charge in [0.25, 0.3) is 0 Å². The van der Waals surface area contributed by atoms with Gasteiger partial charge in [0.15, 0.2) is 0 Å². The molecular weight excluding hydrogens is 222 g/mol. The average Bonchev–Trinajstić information content (AvgIpc) is 3.09. The highest BCUT2D eigenvalue weighted by Crippen LogP contribution is 2.41. The van der Waals surface area contributed by atoms with Crippen LogP contribution in [0.3, 0.4) is 0 Å². The minimum atomic E-state index is -0.746. The molecule has 1 aliphatic rings. The fourth-order valence-electron chi connectivity index (χ4n) is 1.61. The molecule has 0 aromatic rings. The number of esters is 1. The number of rotatable bonds is 7. The molecule has 1 fully saturated rings. The molecule has 0 spiro atoms. The van der Waals surface area contributed by atoms with E-state index in [1.807, 2.05) is 6.92 Å². The normalized spacial score (nSPS) is 21.2. The molecule has 0 bridgehead atoms. The van der Waals surface area contributed by atoms with Crippen molar-refractivity contribution in [2.75, 3.05) is 12.4 Å². The molecule has 0 aliphatic heterocycles. The Hall–Kier alpha value is -0.220. The molecule has 0 aromatic carbocycles. The van der Waals surface area contributed by atoms with Crippen LogP contribution in [0.5, 0.6) is 0 Å². The average molecular weight is 245 g/mol. The van der Waals surface area contributed by atoms with Gasteiger partial charge in [0.1, 0.15) is 5.54 Å². The summed E-state index contributed by atoms with van der Waals surface area (Å²) in [5.41, 5.74) is 5.49. The third kappa shape index (κ3) is 3.39. The van der Waals surface area contributed by atoms with Crippen molar-refractivity contribution in [1.29, 1.82) is 0 Å². The number of carbonyl (C=O) groups excluding carboxylic acids is 1. The standard InChI is InChI=1S/C12H23NO2S/c1-4-9(3)16-8-12(13,10-6-7-10)11(14)15-5-2/h9-10H,4-8,13H2,1-3H3. The molecule has 0 aromatic heterocycles. The van der Waals surface area contributed by atoms with Crippen LogP contribution in [0.15, 0.2) is 0 Å². The van der Waals surface area contributed by atoms with Gasteiger partial charge in [-0.3, -0.25) is 4.79 Å². The lowest BCUT2D eigenvalue weighted by molar-refractivity contribution is -0.149. The molecule has 94 valence electrons. The molecular formula is C12H23NO2S. The summed E-state index contributed by atoms with van der Waals surface area (Å²) in [6, 6.07) is 0. The van der Waals surface area contributed by atoms with Gasteiger partial charge in [-0.05, 0) is 32.1 Å². The highest BCUT2D eigenvalue weighted by Gasteiger charge is 2.49. The van der Waals surface area contributed by atoms with E-state index in [9.17, 15) is 4.79 Å². The molecule has 2 unspecified atom stereocenters. The summed E-state index contributed by atoms with van der Waals surface area (Å²) in [6.45, 7) is 6.56. The van der Waals surface area contributed by atoms with Crippen molar-refractivity contribution < 1.29 is 9.53 Å². The third-order valence-corrected chi connectivity index (χ3v) is 4.69. The van der Waals surface area contributed by atoms with Crippen LogP contribution >= 0.6 is 11.8 Å². The first-order chi connectivity index (χ1) is 7.54. The molecule has 3 nitrogen and oxygen atoms in total. The van der Waals surface area contributed by atoms with Crippen LogP contribution in [0.4, 0.5) is 0 Å². The SMILES string of the molecule is CCOC(=O)C(N)(CSC(C)CC)C1CC1. The monoisotopic (exact) mass is 245 g/mol. The van der Waals surface area contributed by atoms with E-state index < -0.39 is 5.54 Å². The van der Waals surface area contributed by atoms with E-state index in [-0.39, 0.29) is 5.97 Å². The van der Waals surface area contributed by atoms with E-state index in [1.165, 1.54) is 0 Å². The van der Waals surface area contributed by atoms with Crippen molar-refractivity contribution in [2.24, 2.45) is 11.7 Å². The van der Waals surface area contributed by atoms with E-state index in [2.05, 4.69) is 13.8 Å². The molecule has 2 N–H and O–H groups in total. The van der Waals surface area contributed by atoms with E-state index in [4.69, 9.17) is 10.5 Å². The van der Waals surface area contributed by atoms with Crippen molar-refractivity contribution in [3.05, 3.63) is 0 Å². The number of ether oxygens (including phenoxy) is 1. The van der Waals surface area contributed by atoms with Gasteiger partial charge in [0.05, 0.1) is 6.61 Å². The fraction of sp³-hybridized carbons (Fsp3) is 0.917. The van der Waals surface area contributed by atoms with Gasteiger partial charge < -0.3 is 10.5 Å². The number of nitrogens with two attached hydrogens (primary N) is 1. The Labute approximate surface area is 102 Å². The maximum atomic E-state index is 11.9. The van der Waals surface area contributed by atoms with Crippen LogP contribution in [0.2, 0.25) is 0 Å². The highest BCUT2D eigenvalue weighted by atomic mass is 32.2. The topological polar surface area (TPSA) is 52.3 Å². The predicted octanol–water partition coefficient (Wildman–Crippen LogP) is 2.19. The van der Waals surface area contributed by atoms with Gasteiger partial charge in [-0.2, -0.15) is 11.8 Å². The van der Waals surface area contributed by atoms with Gasteiger partial charge in [-0.15, -0.1) is 0 Å². The Balaban J connectivity index is 2.54. The van der Waals surface area contributed by atoms with Crippen LogP contribution in [-0.4, -0.2) is 29.1 Å². The number of hydrogen-bond acceptors (Lipinski definition) is 4. The molecule has 0 heterocycles. The largest absolute Gasteiger partial charge is 0.465 e. The van der Waals surface area contributed by atoms with Crippen molar-refractivity contribution in [2.45, 2.75) is 50.8 Å². The Morgan fingerprint density at radius 1 is 1.56 bits per heavy atom. The maximum Gasteiger partial charge on any atom is 0.327 e. The molecule has 4 heteroatoms. The van der Waals surface area contributed by atoms with Crippen LogP contribution in [0.1, 0.15) is 40.0 Å². The van der Waals surface area contributed by atoms with Gasteiger partial charge in [0.2, 0.25) is 0 Å². The van der Waals surface area contributed by atoms with Crippen molar-refractivity contribution >= 4 is 17.7 Å². The third-order valence-electron chi connectivity index (χ3n) is 3.14. The summed E-state index contributed by atoms with van der Waals surface area (Å²) in [7, 11) is 0. The zero-order chi connectivity index (χ0) is 12.2. The molecule has 1 rings (SSSR count). The van der Waals surface area contributed by atoms with Gasteiger partial charge in [-0.25, -0.2) is 0 Å². The second-order valence-corrected chi connectivity index (χ2v) is 5.99.